The topological polar surface area (TPSA) is 12.0 Å². The van der Waals surface area contributed by atoms with E-state index in [9.17, 15) is 0 Å². The molecule has 2 rings (SSSR count). The summed E-state index contributed by atoms with van der Waals surface area (Å²) >= 11 is 2.05. The van der Waals surface area contributed by atoms with Crippen LogP contribution in [0.1, 0.15) is 12.8 Å². The van der Waals surface area contributed by atoms with Crippen LogP contribution in [0.15, 0.2) is 12.3 Å². The minimum atomic E-state index is 0.741. The van der Waals surface area contributed by atoms with E-state index in [1.54, 1.807) is 0 Å². The molecule has 2 aliphatic rings. The number of rotatable bonds is 0. The summed E-state index contributed by atoms with van der Waals surface area (Å²) in [4.78, 5) is 0. The molecule has 8 heavy (non-hydrogen) atoms. The summed E-state index contributed by atoms with van der Waals surface area (Å²) in [7, 11) is 0. The molecule has 2 heteroatoms. The monoisotopic (exact) mass is 127 g/mol. The minimum absolute atomic E-state index is 0.741. The zero-order valence-electron chi connectivity index (χ0n) is 4.63. The predicted octanol–water partition coefficient (Wildman–Crippen LogP) is 1.32. The van der Waals surface area contributed by atoms with Gasteiger partial charge in [-0.3, -0.25) is 0 Å². The van der Waals surface area contributed by atoms with Crippen LogP contribution in [0.2, 0.25) is 0 Å². The van der Waals surface area contributed by atoms with E-state index in [-0.39, 0.29) is 0 Å². The number of fused-ring (bicyclic) bond motifs is 2. The lowest BCUT2D eigenvalue weighted by Gasteiger charge is -2.13. The van der Waals surface area contributed by atoms with Gasteiger partial charge in [0.1, 0.15) is 0 Å². The van der Waals surface area contributed by atoms with Crippen LogP contribution in [0, 0.1) is 0 Å². The number of hydrogen-bond donors (Lipinski definition) is 1. The van der Waals surface area contributed by atoms with Gasteiger partial charge in [-0.25, -0.2) is 0 Å². The van der Waals surface area contributed by atoms with Crippen LogP contribution in [0.5, 0.6) is 0 Å². The molecule has 0 aromatic rings. The summed E-state index contributed by atoms with van der Waals surface area (Å²) in [6.07, 6.45) is 7.08. The molecule has 0 aliphatic carbocycles. The summed E-state index contributed by atoms with van der Waals surface area (Å²) in [5.41, 5.74) is 0. The predicted molar refractivity (Wildman–Crippen MR) is 36.7 cm³/mol. The largest absolute Gasteiger partial charge is 0.379 e. The Morgan fingerprint density at radius 3 is 3.25 bits per heavy atom. The Hall–Kier alpha value is -0.110. The van der Waals surface area contributed by atoms with Gasteiger partial charge in [0, 0.05) is 5.25 Å². The van der Waals surface area contributed by atoms with Crippen molar-refractivity contribution in [1.82, 2.24) is 5.32 Å². The average Bonchev–Trinajstić information content (AvgIpc) is 2.12. The third-order valence-electron chi connectivity index (χ3n) is 1.65. The second-order valence-corrected chi connectivity index (χ2v) is 3.71. The lowest BCUT2D eigenvalue weighted by molar-refractivity contribution is 0.731. The molecule has 0 radical (unpaired) electrons. The van der Waals surface area contributed by atoms with Crippen LogP contribution in [-0.2, 0) is 0 Å². The first-order valence-corrected chi connectivity index (χ1v) is 3.97. The molecule has 2 bridgehead atoms. The molecule has 0 aromatic carbocycles. The maximum atomic E-state index is 3.29. The first-order chi connectivity index (χ1) is 3.95. The molecule has 0 aromatic heterocycles. The van der Waals surface area contributed by atoms with Crippen LogP contribution in [0.4, 0.5) is 0 Å². The van der Waals surface area contributed by atoms with Crippen LogP contribution in [-0.4, -0.2) is 10.6 Å². The van der Waals surface area contributed by atoms with E-state index in [1.807, 2.05) is 0 Å². The number of nitrogens with one attached hydrogen (secondary N) is 1. The fraction of sp³-hybridized carbons (Fsp3) is 0.667. The molecule has 0 amide bonds. The Kier molecular flexibility index (Phi) is 1.00. The molecule has 2 unspecified atom stereocenters. The highest BCUT2D eigenvalue weighted by Crippen LogP contribution is 2.34. The highest BCUT2D eigenvalue weighted by atomic mass is 32.2. The minimum Gasteiger partial charge on any atom is -0.379 e. The highest BCUT2D eigenvalue weighted by molar-refractivity contribution is 8.00. The Morgan fingerprint density at radius 2 is 2.50 bits per heavy atom. The van der Waals surface area contributed by atoms with E-state index in [0.29, 0.717) is 0 Å². The molecular weight excluding hydrogens is 118 g/mol. The van der Waals surface area contributed by atoms with Gasteiger partial charge in [-0.15, -0.1) is 11.8 Å². The second-order valence-electron chi connectivity index (χ2n) is 2.27. The Balaban J connectivity index is 2.17. The van der Waals surface area contributed by atoms with E-state index >= 15 is 0 Å². The second kappa shape index (κ2) is 1.69. The molecule has 0 saturated carbocycles. The molecule has 44 valence electrons. The summed E-state index contributed by atoms with van der Waals surface area (Å²) in [6.45, 7) is 0. The third kappa shape index (κ3) is 0.635. The smallest absolute Gasteiger partial charge is 0.0723 e. The van der Waals surface area contributed by atoms with Crippen molar-refractivity contribution in [3.05, 3.63) is 12.3 Å². The summed E-state index contributed by atoms with van der Waals surface area (Å²) in [6, 6.07) is 0. The molecule has 0 spiro atoms. The SMILES string of the molecule is C1=CC2CCC(N1)S2. The van der Waals surface area contributed by atoms with Gasteiger partial charge >= 0.3 is 0 Å². The lowest BCUT2D eigenvalue weighted by Crippen LogP contribution is -2.19. The molecule has 2 heterocycles. The standard InChI is InChI=1S/C6H9NS/c1-2-6-7-4-3-5(1)8-6/h3-7H,1-2H2. The van der Waals surface area contributed by atoms with Crippen molar-refractivity contribution in [3.8, 4) is 0 Å². The molecule has 1 fully saturated rings. The van der Waals surface area contributed by atoms with Crippen molar-refractivity contribution in [3.63, 3.8) is 0 Å². The molecule has 1 saturated heterocycles. The average molecular weight is 127 g/mol. The summed E-state index contributed by atoms with van der Waals surface area (Å²) in [5, 5.41) is 4.87. The Bertz CT molecular complexity index is 122. The van der Waals surface area contributed by atoms with Crippen molar-refractivity contribution in [2.75, 3.05) is 0 Å². The van der Waals surface area contributed by atoms with Gasteiger partial charge in [0.15, 0.2) is 0 Å². The quantitative estimate of drug-likeness (QED) is 0.527. The maximum absolute atomic E-state index is 3.29. The van der Waals surface area contributed by atoms with E-state index < -0.39 is 0 Å². The lowest BCUT2D eigenvalue weighted by atomic mass is 10.2. The van der Waals surface area contributed by atoms with E-state index in [4.69, 9.17) is 0 Å². The zero-order valence-corrected chi connectivity index (χ0v) is 5.45. The normalized spacial score (nSPS) is 42.0. The van der Waals surface area contributed by atoms with E-state index in [1.165, 1.54) is 12.8 Å². The van der Waals surface area contributed by atoms with Gasteiger partial charge in [-0.2, -0.15) is 0 Å². The van der Waals surface area contributed by atoms with Crippen LogP contribution < -0.4 is 5.32 Å². The number of hydrogen-bond acceptors (Lipinski definition) is 2. The van der Waals surface area contributed by atoms with E-state index in [2.05, 4.69) is 29.4 Å². The first kappa shape index (κ1) is 4.74. The first-order valence-electron chi connectivity index (χ1n) is 3.03. The molecular formula is C6H9NS. The molecule has 2 atom stereocenters. The van der Waals surface area contributed by atoms with Gasteiger partial charge in [0.25, 0.3) is 0 Å². The summed E-state index contributed by atoms with van der Waals surface area (Å²) in [5.74, 6) is 0. The fourth-order valence-corrected chi connectivity index (χ4v) is 2.49. The molecule has 1 nitrogen and oxygen atoms in total. The highest BCUT2D eigenvalue weighted by Gasteiger charge is 2.24. The van der Waals surface area contributed by atoms with Crippen LogP contribution >= 0.6 is 11.8 Å². The fourth-order valence-electron chi connectivity index (χ4n) is 1.20. The Morgan fingerprint density at radius 1 is 1.50 bits per heavy atom. The van der Waals surface area contributed by atoms with Crippen molar-refractivity contribution in [2.24, 2.45) is 0 Å². The zero-order chi connectivity index (χ0) is 5.40. The maximum Gasteiger partial charge on any atom is 0.0723 e. The third-order valence-corrected chi connectivity index (χ3v) is 3.09. The van der Waals surface area contributed by atoms with Crippen molar-refractivity contribution < 1.29 is 0 Å². The van der Waals surface area contributed by atoms with Crippen molar-refractivity contribution in [1.29, 1.82) is 0 Å². The number of thioether (sulfide) groups is 1. The van der Waals surface area contributed by atoms with Gasteiger partial charge in [0.05, 0.1) is 5.37 Å². The molecule has 1 N–H and O–H groups in total. The van der Waals surface area contributed by atoms with Crippen molar-refractivity contribution in [2.45, 2.75) is 23.5 Å². The Labute approximate surface area is 53.5 Å². The summed E-state index contributed by atoms with van der Waals surface area (Å²) < 4.78 is 0. The van der Waals surface area contributed by atoms with Gasteiger partial charge in [-0.05, 0) is 19.0 Å². The van der Waals surface area contributed by atoms with Crippen LogP contribution in [0.25, 0.3) is 0 Å². The van der Waals surface area contributed by atoms with Gasteiger partial charge in [-0.1, -0.05) is 6.08 Å². The van der Waals surface area contributed by atoms with E-state index in [0.717, 1.165) is 10.6 Å². The van der Waals surface area contributed by atoms with Crippen LogP contribution in [0.3, 0.4) is 0 Å². The van der Waals surface area contributed by atoms with Gasteiger partial charge in [0.2, 0.25) is 0 Å². The van der Waals surface area contributed by atoms with Gasteiger partial charge < -0.3 is 5.32 Å². The molecule has 2 aliphatic heterocycles. The van der Waals surface area contributed by atoms with Crippen molar-refractivity contribution >= 4 is 11.8 Å².